The van der Waals surface area contributed by atoms with Gasteiger partial charge in [-0.15, -0.1) is 0 Å². The number of nitrogens with zero attached hydrogens (tertiary/aromatic N) is 3. The number of ether oxygens (including phenoxy) is 2. The van der Waals surface area contributed by atoms with Crippen molar-refractivity contribution >= 4 is 41.2 Å². The molecule has 0 saturated heterocycles. The van der Waals surface area contributed by atoms with Crippen LogP contribution >= 0.6 is 0 Å². The van der Waals surface area contributed by atoms with E-state index in [2.05, 4.69) is 30.9 Å². The molecule has 5 rings (SSSR count). The van der Waals surface area contributed by atoms with E-state index in [-0.39, 0.29) is 42.5 Å². The minimum absolute atomic E-state index is 0. The van der Waals surface area contributed by atoms with Gasteiger partial charge in [-0.1, -0.05) is 36.4 Å². The van der Waals surface area contributed by atoms with E-state index in [9.17, 15) is 9.90 Å². The zero-order valence-corrected chi connectivity index (χ0v) is 28.0. The molecule has 0 radical (unpaired) electrons. The number of ketones is 1. The molecule has 1 aliphatic rings. The van der Waals surface area contributed by atoms with Crippen molar-refractivity contribution in [2.45, 2.75) is 6.54 Å². The molecule has 0 spiro atoms. The van der Waals surface area contributed by atoms with E-state index in [0.717, 1.165) is 33.2 Å². The van der Waals surface area contributed by atoms with E-state index in [0.29, 0.717) is 24.5 Å². The van der Waals surface area contributed by atoms with Crippen LogP contribution in [-0.2, 0) is 35.6 Å². The number of allylic oxidation sites excluding steroid dienone is 2. The number of hydrogen-bond acceptors (Lipinski definition) is 10. The molecule has 2 heterocycles. The monoisotopic (exact) mass is 652 g/mol. The molecule has 2 aromatic carbocycles. The molecular weight excluding hydrogens is 622 g/mol. The number of benzene rings is 2. The predicted molar refractivity (Wildman–Crippen MR) is 173 cm³/mol. The second-order valence-corrected chi connectivity index (χ2v) is 9.65. The van der Waals surface area contributed by atoms with Crippen molar-refractivity contribution in [3.8, 4) is 11.5 Å². The number of methoxy groups -OCH3 is 2. The largest absolute Gasteiger partial charge is 0.503 e. The zero-order valence-electron chi connectivity index (χ0n) is 25.0. The number of aromatic nitrogens is 2. The van der Waals surface area contributed by atoms with Crippen molar-refractivity contribution in [2.24, 2.45) is 4.99 Å². The molecular formula is C34H32N6O4Zn. The average molecular weight is 654 g/mol. The standard InChI is InChI=1S/C34H32N6O4.Zn/c1-43-29-17-23(19-39-31-11-5-7-13-35-31)15-27(33(29)41)37-21-25-9-3-4-10-26(25)22-38-28-16-24(18-30(44-2)34(28)42)20-40-32-12-6-8-14-36-32;/h3-18,21-22,37,41H,19-20H2,1-2H3,(H,35,39)(H,36,40);/b25-21+,26-22-,38-28?;. The van der Waals surface area contributed by atoms with Gasteiger partial charge < -0.3 is 30.5 Å². The van der Waals surface area contributed by atoms with Gasteiger partial charge in [0.2, 0.25) is 5.78 Å². The fourth-order valence-corrected chi connectivity index (χ4v) is 4.40. The third-order valence-corrected chi connectivity index (χ3v) is 6.67. The van der Waals surface area contributed by atoms with E-state index in [1.807, 2.05) is 66.7 Å². The fraction of sp³-hybridized carbons (Fsp3) is 0.118. The minimum atomic E-state index is -0.307. The maximum atomic E-state index is 13.0. The summed E-state index contributed by atoms with van der Waals surface area (Å²) in [5, 5.41) is 22.0. The minimum Gasteiger partial charge on any atom is -0.503 e. The molecule has 0 atom stereocenters. The fourth-order valence-electron chi connectivity index (χ4n) is 4.40. The Bertz CT molecular complexity index is 1840. The topological polar surface area (TPSA) is 130 Å². The van der Waals surface area contributed by atoms with Crippen molar-refractivity contribution in [1.29, 1.82) is 0 Å². The molecule has 224 valence electrons. The van der Waals surface area contributed by atoms with Gasteiger partial charge in [0.1, 0.15) is 17.3 Å². The molecule has 4 N–H and O–H groups in total. The summed E-state index contributed by atoms with van der Waals surface area (Å²) in [5.41, 5.74) is 2.42. The summed E-state index contributed by atoms with van der Waals surface area (Å²) in [7, 11) is 2.97. The summed E-state index contributed by atoms with van der Waals surface area (Å²) < 4.78 is 10.7. The number of carbonyl (C=O) groups is 1. The van der Waals surface area contributed by atoms with Crippen LogP contribution in [0.5, 0.6) is 11.5 Å². The summed E-state index contributed by atoms with van der Waals surface area (Å²) in [6.45, 7) is 0.914. The van der Waals surface area contributed by atoms with Gasteiger partial charge in [-0.25, -0.2) is 9.97 Å². The first-order chi connectivity index (χ1) is 21.5. The van der Waals surface area contributed by atoms with Crippen molar-refractivity contribution in [1.82, 2.24) is 9.97 Å². The van der Waals surface area contributed by atoms with Crippen molar-refractivity contribution in [3.05, 3.63) is 125 Å². The van der Waals surface area contributed by atoms with E-state index in [1.54, 1.807) is 43.0 Å². The van der Waals surface area contributed by atoms with Crippen molar-refractivity contribution in [2.75, 3.05) is 36.7 Å². The summed E-state index contributed by atoms with van der Waals surface area (Å²) in [6.07, 6.45) is 10.2. The third-order valence-electron chi connectivity index (χ3n) is 6.67. The number of carbonyl (C=O) groups excluding carboxylic acids is 1. The molecule has 10 nitrogen and oxygen atoms in total. The number of nitrogens with one attached hydrogen (secondary N) is 3. The van der Waals surface area contributed by atoms with Crippen LogP contribution in [0.3, 0.4) is 0 Å². The van der Waals surface area contributed by atoms with Gasteiger partial charge in [-0.2, -0.15) is 0 Å². The molecule has 45 heavy (non-hydrogen) atoms. The maximum absolute atomic E-state index is 13.0. The van der Waals surface area contributed by atoms with Gasteiger partial charge in [0, 0.05) is 62.6 Å². The van der Waals surface area contributed by atoms with Crippen LogP contribution in [-0.4, -0.2) is 47.3 Å². The molecule has 0 amide bonds. The molecule has 0 aliphatic heterocycles. The van der Waals surface area contributed by atoms with Crippen LogP contribution in [0.25, 0.3) is 12.4 Å². The van der Waals surface area contributed by atoms with E-state index >= 15 is 0 Å². The van der Waals surface area contributed by atoms with Crippen LogP contribution in [0.1, 0.15) is 5.56 Å². The number of Topliss-reactive ketones (excluding diaryl/α,β-unsaturated/α-hetero) is 1. The number of rotatable bonds is 11. The summed E-state index contributed by atoms with van der Waals surface area (Å²) in [5.74, 6) is 1.68. The molecule has 11 heteroatoms. The number of pyridine rings is 2. The SMILES string of the molecule is COC1=CC(CNc2ccccn2)=CC(=N/C=c2/cccc/c2=C\Nc2cc(CNc3ccccn3)cc(OC)c2O)C1=O.[Zn]. The number of hydrogen-bond donors (Lipinski definition) is 4. The van der Waals surface area contributed by atoms with Gasteiger partial charge in [0.05, 0.1) is 19.9 Å². The van der Waals surface area contributed by atoms with Gasteiger partial charge in [-0.05, 0) is 64.9 Å². The Morgan fingerprint density at radius 2 is 1.51 bits per heavy atom. The maximum Gasteiger partial charge on any atom is 0.245 e. The second-order valence-electron chi connectivity index (χ2n) is 9.65. The van der Waals surface area contributed by atoms with Gasteiger partial charge in [-0.3, -0.25) is 9.79 Å². The number of phenols is 1. The van der Waals surface area contributed by atoms with Crippen LogP contribution in [0, 0.1) is 0 Å². The third kappa shape index (κ3) is 8.64. The quantitative estimate of drug-likeness (QED) is 0.108. The zero-order chi connectivity index (χ0) is 30.7. The Labute approximate surface area is 273 Å². The first kappa shape index (κ1) is 32.6. The van der Waals surface area contributed by atoms with Crippen LogP contribution in [0.15, 0.2) is 114 Å². The Kier molecular flexibility index (Phi) is 11.6. The summed E-state index contributed by atoms with van der Waals surface area (Å²) in [4.78, 5) is 26.1. The van der Waals surface area contributed by atoms with Gasteiger partial charge in [0.25, 0.3) is 0 Å². The van der Waals surface area contributed by atoms with Gasteiger partial charge in [0.15, 0.2) is 17.3 Å². The Balaban J connectivity index is 0.00000461. The first-order valence-corrected chi connectivity index (χ1v) is 13.8. The van der Waals surface area contributed by atoms with Crippen molar-refractivity contribution < 1.29 is 38.9 Å². The molecule has 2 aromatic heterocycles. The molecule has 4 aromatic rings. The Morgan fingerprint density at radius 1 is 0.844 bits per heavy atom. The van der Waals surface area contributed by atoms with Crippen molar-refractivity contribution in [3.63, 3.8) is 0 Å². The molecule has 0 unspecified atom stereocenters. The van der Waals surface area contributed by atoms with E-state index in [4.69, 9.17) is 9.47 Å². The first-order valence-electron chi connectivity index (χ1n) is 13.8. The van der Waals surface area contributed by atoms with E-state index in [1.165, 1.54) is 14.2 Å². The molecule has 0 bridgehead atoms. The average Bonchev–Trinajstić information content (AvgIpc) is 3.07. The molecule has 0 saturated carbocycles. The molecule has 1 aliphatic carbocycles. The number of anilines is 3. The number of aromatic hydroxyl groups is 1. The molecule has 0 fully saturated rings. The normalized spacial score (nSPS) is 14.3. The Hall–Kier alpha value is -5.28. The van der Waals surface area contributed by atoms with Crippen LogP contribution in [0.4, 0.5) is 17.3 Å². The number of phenolic OH excluding ortho intramolecular Hbond substituents is 1. The number of aliphatic imine (C=N–C) groups is 1. The van der Waals surface area contributed by atoms with Gasteiger partial charge >= 0.3 is 0 Å². The summed E-state index contributed by atoms with van der Waals surface area (Å²) >= 11 is 0. The Morgan fingerprint density at radius 3 is 2.16 bits per heavy atom. The van der Waals surface area contributed by atoms with Crippen LogP contribution in [0.2, 0.25) is 0 Å². The second kappa shape index (κ2) is 16.0. The van der Waals surface area contributed by atoms with Crippen LogP contribution < -0.4 is 31.1 Å². The summed E-state index contributed by atoms with van der Waals surface area (Å²) in [6, 6.07) is 22.4. The smallest absolute Gasteiger partial charge is 0.245 e. The van der Waals surface area contributed by atoms with E-state index < -0.39 is 0 Å². The predicted octanol–water partition coefficient (Wildman–Crippen LogP) is 3.98.